The molecule has 0 saturated carbocycles. The summed E-state index contributed by atoms with van der Waals surface area (Å²) in [5.74, 6) is 0.507. The maximum atomic E-state index is 12.0. The molecular formula is C20H23NO4. The highest BCUT2D eigenvalue weighted by molar-refractivity contribution is 5.91. The molecule has 132 valence electrons. The fourth-order valence-electron chi connectivity index (χ4n) is 2.32. The lowest BCUT2D eigenvalue weighted by molar-refractivity contribution is -0.124. The van der Waals surface area contributed by atoms with Crippen LogP contribution in [0, 0.1) is 0 Å². The molecule has 0 saturated heterocycles. The van der Waals surface area contributed by atoms with E-state index < -0.39 is 5.97 Å². The first-order chi connectivity index (χ1) is 12.1. The quantitative estimate of drug-likeness (QED) is 0.739. The Balaban J connectivity index is 1.83. The first-order valence-electron chi connectivity index (χ1n) is 8.38. The van der Waals surface area contributed by atoms with Crippen LogP contribution >= 0.6 is 0 Å². The van der Waals surface area contributed by atoms with Crippen LogP contribution in [0.15, 0.2) is 54.6 Å². The van der Waals surface area contributed by atoms with Gasteiger partial charge in [0.2, 0.25) is 0 Å². The van der Waals surface area contributed by atoms with Gasteiger partial charge in [0, 0.05) is 6.04 Å². The largest absolute Gasteiger partial charge is 0.457 e. The summed E-state index contributed by atoms with van der Waals surface area (Å²) in [4.78, 5) is 23.7. The summed E-state index contributed by atoms with van der Waals surface area (Å²) in [5.41, 5.74) is 0.370. The van der Waals surface area contributed by atoms with Crippen LogP contribution < -0.4 is 10.1 Å². The first kappa shape index (κ1) is 18.5. The number of amides is 1. The van der Waals surface area contributed by atoms with Crippen LogP contribution in [-0.2, 0) is 9.53 Å². The van der Waals surface area contributed by atoms with Gasteiger partial charge in [0.25, 0.3) is 5.91 Å². The summed E-state index contributed by atoms with van der Waals surface area (Å²) in [7, 11) is 0. The van der Waals surface area contributed by atoms with E-state index in [9.17, 15) is 9.59 Å². The molecular weight excluding hydrogens is 318 g/mol. The summed E-state index contributed by atoms with van der Waals surface area (Å²) in [6, 6.07) is 16.0. The molecule has 25 heavy (non-hydrogen) atoms. The van der Waals surface area contributed by atoms with Gasteiger partial charge in [-0.3, -0.25) is 4.79 Å². The van der Waals surface area contributed by atoms with Gasteiger partial charge in [0.05, 0.1) is 5.56 Å². The highest BCUT2D eigenvalue weighted by atomic mass is 16.5. The van der Waals surface area contributed by atoms with Crippen molar-refractivity contribution in [1.29, 1.82) is 0 Å². The summed E-state index contributed by atoms with van der Waals surface area (Å²) in [5, 5.41) is 2.79. The average Bonchev–Trinajstić information content (AvgIpc) is 2.61. The van der Waals surface area contributed by atoms with Gasteiger partial charge in [-0.1, -0.05) is 31.5 Å². The Morgan fingerprint density at radius 3 is 2.28 bits per heavy atom. The van der Waals surface area contributed by atoms with Crippen LogP contribution in [0.2, 0.25) is 0 Å². The van der Waals surface area contributed by atoms with Crippen molar-refractivity contribution >= 4 is 11.9 Å². The zero-order chi connectivity index (χ0) is 18.1. The monoisotopic (exact) mass is 341 g/mol. The topological polar surface area (TPSA) is 64.6 Å². The van der Waals surface area contributed by atoms with E-state index in [-0.39, 0.29) is 18.6 Å². The SMILES string of the molecule is CCC[C@@H](C)NC(=O)COC(=O)c1ccc(Oc2ccccc2)cc1. The molecule has 0 aliphatic heterocycles. The van der Waals surface area contributed by atoms with Crippen molar-refractivity contribution in [3.63, 3.8) is 0 Å². The van der Waals surface area contributed by atoms with E-state index in [0.29, 0.717) is 11.3 Å². The van der Waals surface area contributed by atoms with Crippen LogP contribution in [0.5, 0.6) is 11.5 Å². The summed E-state index contributed by atoms with van der Waals surface area (Å²) in [6.45, 7) is 3.69. The Morgan fingerprint density at radius 1 is 1.00 bits per heavy atom. The number of nitrogens with one attached hydrogen (secondary N) is 1. The minimum Gasteiger partial charge on any atom is -0.457 e. The van der Waals surface area contributed by atoms with Gasteiger partial charge >= 0.3 is 5.97 Å². The van der Waals surface area contributed by atoms with E-state index in [1.165, 1.54) is 0 Å². The fourth-order valence-corrected chi connectivity index (χ4v) is 2.32. The predicted octanol–water partition coefficient (Wildman–Crippen LogP) is 3.94. The van der Waals surface area contributed by atoms with Gasteiger partial charge in [0.15, 0.2) is 6.61 Å². The molecule has 0 heterocycles. The molecule has 0 aliphatic carbocycles. The Bertz CT molecular complexity index is 683. The molecule has 5 nitrogen and oxygen atoms in total. The van der Waals surface area contributed by atoms with Crippen molar-refractivity contribution in [3.8, 4) is 11.5 Å². The molecule has 2 aromatic rings. The smallest absolute Gasteiger partial charge is 0.338 e. The van der Waals surface area contributed by atoms with E-state index >= 15 is 0 Å². The van der Waals surface area contributed by atoms with Gasteiger partial charge in [-0.2, -0.15) is 0 Å². The van der Waals surface area contributed by atoms with Gasteiger partial charge in [0.1, 0.15) is 11.5 Å². The van der Waals surface area contributed by atoms with Crippen molar-refractivity contribution in [3.05, 3.63) is 60.2 Å². The van der Waals surface area contributed by atoms with Gasteiger partial charge in [-0.05, 0) is 49.7 Å². The molecule has 0 bridgehead atoms. The number of carbonyl (C=O) groups is 2. The number of carbonyl (C=O) groups excluding carboxylic acids is 2. The minimum atomic E-state index is -0.537. The molecule has 0 aromatic heterocycles. The highest BCUT2D eigenvalue weighted by Gasteiger charge is 2.12. The Kier molecular flexibility index (Phi) is 7.01. The summed E-state index contributed by atoms with van der Waals surface area (Å²) < 4.78 is 10.7. The van der Waals surface area contributed by atoms with E-state index in [4.69, 9.17) is 9.47 Å². The van der Waals surface area contributed by atoms with Gasteiger partial charge < -0.3 is 14.8 Å². The molecule has 0 radical (unpaired) electrons. The number of ether oxygens (including phenoxy) is 2. The Morgan fingerprint density at radius 2 is 1.64 bits per heavy atom. The van der Waals surface area contributed by atoms with Crippen molar-refractivity contribution < 1.29 is 19.1 Å². The summed E-state index contributed by atoms with van der Waals surface area (Å²) in [6.07, 6.45) is 1.88. The standard InChI is InChI=1S/C20H23NO4/c1-3-7-15(2)21-19(22)14-24-20(23)16-10-12-18(13-11-16)25-17-8-5-4-6-9-17/h4-6,8-13,15H,3,7,14H2,1-2H3,(H,21,22)/t15-/m1/s1. The lowest BCUT2D eigenvalue weighted by Crippen LogP contribution is -2.35. The lowest BCUT2D eigenvalue weighted by atomic mass is 10.2. The molecule has 0 spiro atoms. The lowest BCUT2D eigenvalue weighted by Gasteiger charge is -2.12. The van der Waals surface area contributed by atoms with Crippen LogP contribution in [0.3, 0.4) is 0 Å². The third-order valence-corrected chi connectivity index (χ3v) is 3.53. The third kappa shape index (κ3) is 6.30. The normalized spacial score (nSPS) is 11.4. The predicted molar refractivity (Wildman–Crippen MR) is 95.8 cm³/mol. The number of para-hydroxylation sites is 1. The van der Waals surface area contributed by atoms with E-state index in [0.717, 1.165) is 18.6 Å². The molecule has 1 amide bonds. The Labute approximate surface area is 148 Å². The zero-order valence-electron chi connectivity index (χ0n) is 14.5. The number of benzene rings is 2. The van der Waals surface area contributed by atoms with Gasteiger partial charge in [-0.15, -0.1) is 0 Å². The molecule has 0 unspecified atom stereocenters. The molecule has 1 N–H and O–H groups in total. The van der Waals surface area contributed by atoms with E-state index in [1.807, 2.05) is 44.2 Å². The van der Waals surface area contributed by atoms with Gasteiger partial charge in [-0.25, -0.2) is 4.79 Å². The molecule has 2 rings (SSSR count). The molecule has 0 fully saturated rings. The molecule has 0 aliphatic rings. The van der Waals surface area contributed by atoms with Crippen LogP contribution in [0.4, 0.5) is 0 Å². The molecule has 1 atom stereocenters. The van der Waals surface area contributed by atoms with E-state index in [2.05, 4.69) is 5.32 Å². The second-order valence-electron chi connectivity index (χ2n) is 5.77. The second-order valence-corrected chi connectivity index (χ2v) is 5.77. The maximum Gasteiger partial charge on any atom is 0.338 e. The van der Waals surface area contributed by atoms with Crippen molar-refractivity contribution in [2.24, 2.45) is 0 Å². The van der Waals surface area contributed by atoms with Crippen molar-refractivity contribution in [2.75, 3.05) is 6.61 Å². The Hall–Kier alpha value is -2.82. The van der Waals surface area contributed by atoms with Crippen molar-refractivity contribution in [1.82, 2.24) is 5.32 Å². The van der Waals surface area contributed by atoms with Crippen molar-refractivity contribution in [2.45, 2.75) is 32.7 Å². The maximum absolute atomic E-state index is 12.0. The highest BCUT2D eigenvalue weighted by Crippen LogP contribution is 2.21. The zero-order valence-corrected chi connectivity index (χ0v) is 14.5. The summed E-state index contributed by atoms with van der Waals surface area (Å²) >= 11 is 0. The third-order valence-electron chi connectivity index (χ3n) is 3.53. The average molecular weight is 341 g/mol. The minimum absolute atomic E-state index is 0.0746. The number of hydrogen-bond acceptors (Lipinski definition) is 4. The fraction of sp³-hybridized carbons (Fsp3) is 0.300. The molecule has 5 heteroatoms. The van der Waals surface area contributed by atoms with Crippen LogP contribution in [0.1, 0.15) is 37.0 Å². The number of hydrogen-bond donors (Lipinski definition) is 1. The molecule has 2 aromatic carbocycles. The number of rotatable bonds is 8. The first-order valence-corrected chi connectivity index (χ1v) is 8.38. The number of esters is 1. The van der Waals surface area contributed by atoms with E-state index in [1.54, 1.807) is 24.3 Å². The van der Waals surface area contributed by atoms with Crippen LogP contribution in [0.25, 0.3) is 0 Å². The second kappa shape index (κ2) is 9.47. The van der Waals surface area contributed by atoms with Crippen LogP contribution in [-0.4, -0.2) is 24.5 Å².